The normalized spacial score (nSPS) is 9.71. The fraction of sp³-hybridized carbons (Fsp3) is 0. The molecule has 0 bridgehead atoms. The topological polar surface area (TPSA) is 158 Å². The second kappa shape index (κ2) is 3.08. The summed E-state index contributed by atoms with van der Waals surface area (Å²) >= 11 is 0. The Morgan fingerprint density at radius 1 is 1.36 bits per heavy atom. The summed E-state index contributed by atoms with van der Waals surface area (Å²) in [6, 6.07) is 0. The van der Waals surface area contributed by atoms with Gasteiger partial charge in [-0.25, -0.2) is 0 Å². The first-order chi connectivity index (χ1) is 6.45. The number of nitrogens with two attached hydrogens (primary N) is 1. The van der Waals surface area contributed by atoms with E-state index >= 15 is 0 Å². The molecule has 14 heavy (non-hydrogen) atoms. The number of carbonyl (C=O) groups excluding carboxylic acids is 1. The van der Waals surface area contributed by atoms with E-state index in [1.165, 1.54) is 0 Å². The van der Waals surface area contributed by atoms with Crippen molar-refractivity contribution < 1.29 is 14.6 Å². The molecule has 0 fully saturated rings. The number of hydrogen-bond donors (Lipinski definition) is 2. The highest BCUT2D eigenvalue weighted by Gasteiger charge is 2.35. The summed E-state index contributed by atoms with van der Waals surface area (Å²) in [5.41, 5.74) is 2.93. The molecule has 0 aromatic carbocycles. The number of carbonyl (C=O) groups is 1. The summed E-state index contributed by atoms with van der Waals surface area (Å²) in [6.45, 7) is 0. The van der Waals surface area contributed by atoms with Crippen LogP contribution in [0.2, 0.25) is 0 Å². The maximum atomic E-state index is 10.6. The maximum absolute atomic E-state index is 10.6. The zero-order valence-corrected chi connectivity index (χ0v) is 6.46. The minimum absolute atomic E-state index is 0.762. The van der Waals surface area contributed by atoms with Crippen LogP contribution in [0, 0.1) is 20.2 Å². The Morgan fingerprint density at radius 2 is 1.93 bits per heavy atom. The molecule has 0 saturated heterocycles. The minimum Gasteiger partial charge on any atom is -0.364 e. The predicted octanol–water partition coefficient (Wildman–Crippen LogP) is -0.675. The summed E-state index contributed by atoms with van der Waals surface area (Å²) in [5.74, 6) is -2.18. The fourth-order valence-electron chi connectivity index (χ4n) is 0.799. The zero-order valence-electron chi connectivity index (χ0n) is 6.46. The summed E-state index contributed by atoms with van der Waals surface area (Å²) in [4.78, 5) is 29.0. The number of nitrogens with zero attached hydrogens (tertiary/aromatic N) is 3. The lowest BCUT2D eigenvalue weighted by atomic mass is 10.3. The first kappa shape index (κ1) is 9.57. The number of aromatic amines is 1. The number of aromatic nitrogens is 2. The Bertz CT molecular complexity index is 390. The fourth-order valence-corrected chi connectivity index (χ4v) is 0.799. The number of hydrogen-bond acceptors (Lipinski definition) is 6. The van der Waals surface area contributed by atoms with E-state index in [1.54, 1.807) is 5.10 Å². The van der Waals surface area contributed by atoms with E-state index < -0.39 is 33.0 Å². The zero-order chi connectivity index (χ0) is 10.9. The lowest BCUT2D eigenvalue weighted by molar-refractivity contribution is -0.424. The van der Waals surface area contributed by atoms with Crippen LogP contribution in [0.4, 0.5) is 11.5 Å². The number of amides is 1. The van der Waals surface area contributed by atoms with Crippen LogP contribution in [0.3, 0.4) is 0 Å². The second-order valence-corrected chi connectivity index (χ2v) is 2.15. The van der Waals surface area contributed by atoms with Gasteiger partial charge in [-0.2, -0.15) is 0 Å². The minimum atomic E-state index is -1.21. The highest BCUT2D eigenvalue weighted by Crippen LogP contribution is 2.26. The number of rotatable bonds is 3. The summed E-state index contributed by atoms with van der Waals surface area (Å²) in [5, 5.41) is 25.4. The predicted molar refractivity (Wildman–Crippen MR) is 40.4 cm³/mol. The molecule has 1 amide bonds. The summed E-state index contributed by atoms with van der Waals surface area (Å²) < 4.78 is 0. The number of primary amides is 1. The number of nitro groups is 2. The molecular weight excluding hydrogens is 198 g/mol. The van der Waals surface area contributed by atoms with Gasteiger partial charge in [0, 0.05) is 0 Å². The molecule has 0 spiro atoms. The van der Waals surface area contributed by atoms with Gasteiger partial charge in [-0.3, -0.25) is 14.9 Å². The molecule has 1 aromatic heterocycles. The van der Waals surface area contributed by atoms with E-state index in [0.717, 1.165) is 0 Å². The molecule has 0 unspecified atom stereocenters. The molecule has 0 aliphatic rings. The molecule has 10 heteroatoms. The summed E-state index contributed by atoms with van der Waals surface area (Å²) in [7, 11) is 0. The summed E-state index contributed by atoms with van der Waals surface area (Å²) in [6.07, 6.45) is 0. The third-order valence-corrected chi connectivity index (χ3v) is 1.32. The molecule has 1 heterocycles. The van der Waals surface area contributed by atoms with Crippen LogP contribution >= 0.6 is 0 Å². The van der Waals surface area contributed by atoms with Gasteiger partial charge in [-0.05, 0) is 4.92 Å². The van der Waals surface area contributed by atoms with Gasteiger partial charge in [0.2, 0.25) is 0 Å². The van der Waals surface area contributed by atoms with Gasteiger partial charge in [0.1, 0.15) is 0 Å². The van der Waals surface area contributed by atoms with Crippen LogP contribution in [0.25, 0.3) is 0 Å². The molecule has 0 aliphatic carbocycles. The molecule has 74 valence electrons. The first-order valence-corrected chi connectivity index (χ1v) is 3.12. The average molecular weight is 201 g/mol. The Kier molecular flexibility index (Phi) is 2.11. The van der Waals surface area contributed by atoms with Crippen molar-refractivity contribution in [2.24, 2.45) is 5.73 Å². The van der Waals surface area contributed by atoms with E-state index in [-0.39, 0.29) is 0 Å². The Balaban J connectivity index is 3.42. The van der Waals surface area contributed by atoms with Crippen molar-refractivity contribution in [3.05, 3.63) is 25.9 Å². The SMILES string of the molecule is NC(=O)c1n[nH]c([N+](=O)[O-])c1[N+](=O)[O-]. The van der Waals surface area contributed by atoms with Crippen molar-refractivity contribution in [2.75, 3.05) is 0 Å². The molecule has 10 nitrogen and oxygen atoms in total. The maximum Gasteiger partial charge on any atom is 0.422 e. The van der Waals surface area contributed by atoms with Crippen LogP contribution < -0.4 is 5.73 Å². The Morgan fingerprint density at radius 3 is 2.29 bits per heavy atom. The van der Waals surface area contributed by atoms with Crippen molar-refractivity contribution in [1.29, 1.82) is 0 Å². The van der Waals surface area contributed by atoms with Crippen LogP contribution in [0.5, 0.6) is 0 Å². The van der Waals surface area contributed by atoms with E-state index in [0.29, 0.717) is 0 Å². The number of nitrogens with one attached hydrogen (secondary N) is 1. The third kappa shape index (κ3) is 1.35. The van der Waals surface area contributed by atoms with Crippen LogP contribution in [0.15, 0.2) is 0 Å². The van der Waals surface area contributed by atoms with Crippen molar-refractivity contribution in [3.63, 3.8) is 0 Å². The van der Waals surface area contributed by atoms with E-state index in [1.807, 2.05) is 0 Å². The molecular formula is C4H3N5O5. The molecule has 0 atom stereocenters. The van der Waals surface area contributed by atoms with Gasteiger partial charge in [0.25, 0.3) is 11.6 Å². The number of H-pyrrole nitrogens is 1. The lowest BCUT2D eigenvalue weighted by Gasteiger charge is -1.89. The molecule has 3 N–H and O–H groups in total. The quantitative estimate of drug-likeness (QED) is 0.487. The Hall–Kier alpha value is -2.52. The monoisotopic (exact) mass is 201 g/mol. The van der Waals surface area contributed by atoms with Gasteiger partial charge >= 0.3 is 11.5 Å². The van der Waals surface area contributed by atoms with Crippen LogP contribution in [0.1, 0.15) is 10.5 Å². The van der Waals surface area contributed by atoms with E-state index in [9.17, 15) is 25.0 Å². The highest BCUT2D eigenvalue weighted by molar-refractivity contribution is 5.96. The van der Waals surface area contributed by atoms with Gasteiger partial charge in [-0.1, -0.05) is 5.10 Å². The van der Waals surface area contributed by atoms with Gasteiger partial charge in [-0.15, -0.1) is 5.10 Å². The molecule has 0 saturated carbocycles. The van der Waals surface area contributed by atoms with Crippen LogP contribution in [-0.4, -0.2) is 26.0 Å². The van der Waals surface area contributed by atoms with Gasteiger partial charge < -0.3 is 15.8 Å². The van der Waals surface area contributed by atoms with Crippen LogP contribution in [-0.2, 0) is 0 Å². The Labute approximate surface area is 75.0 Å². The van der Waals surface area contributed by atoms with E-state index in [4.69, 9.17) is 5.73 Å². The van der Waals surface area contributed by atoms with E-state index in [2.05, 4.69) is 5.10 Å². The van der Waals surface area contributed by atoms with Gasteiger partial charge in [0.15, 0.2) is 0 Å². The molecule has 0 radical (unpaired) electrons. The highest BCUT2D eigenvalue weighted by atomic mass is 16.6. The first-order valence-electron chi connectivity index (χ1n) is 3.12. The standard InChI is InChI=1S/C4H3N5O5/c5-3(10)1-2(8(11)12)4(7-6-1)9(13)14/h(H2,5,10)(H,6,7). The molecule has 1 aromatic rings. The van der Waals surface area contributed by atoms with Crippen molar-refractivity contribution in [1.82, 2.24) is 10.2 Å². The lowest BCUT2D eigenvalue weighted by Crippen LogP contribution is -2.13. The van der Waals surface area contributed by atoms with Crippen molar-refractivity contribution >= 4 is 17.4 Å². The largest absolute Gasteiger partial charge is 0.422 e. The smallest absolute Gasteiger partial charge is 0.364 e. The van der Waals surface area contributed by atoms with Crippen molar-refractivity contribution in [3.8, 4) is 0 Å². The molecule has 0 aliphatic heterocycles. The third-order valence-electron chi connectivity index (χ3n) is 1.32. The average Bonchev–Trinajstić information content (AvgIpc) is 2.46. The molecule has 1 rings (SSSR count). The second-order valence-electron chi connectivity index (χ2n) is 2.15. The van der Waals surface area contributed by atoms with Crippen molar-refractivity contribution in [2.45, 2.75) is 0 Å². The van der Waals surface area contributed by atoms with Gasteiger partial charge in [0.05, 0.1) is 4.92 Å².